The molecule has 1 aliphatic heterocycles. The smallest absolute Gasteiger partial charge is 0.255 e. The first-order chi connectivity index (χ1) is 10.6. The first kappa shape index (κ1) is 15.2. The number of para-hydroxylation sites is 1. The number of likely N-dealkylation sites (N-methyl/N-ethyl adjacent to an activating group) is 1. The number of benzene rings is 2. The molecule has 5 heteroatoms. The van der Waals surface area contributed by atoms with Gasteiger partial charge in [-0.1, -0.05) is 41.4 Å². The van der Waals surface area contributed by atoms with Crippen molar-refractivity contribution in [2.75, 3.05) is 25.0 Å². The normalized spacial score (nSPS) is 14.5. The topological polar surface area (TPSA) is 23.6 Å². The molecule has 0 bridgehead atoms. The number of rotatable bonds is 1. The van der Waals surface area contributed by atoms with Crippen molar-refractivity contribution in [2.24, 2.45) is 0 Å². The Kier molecular flexibility index (Phi) is 4.27. The third kappa shape index (κ3) is 2.92. The van der Waals surface area contributed by atoms with Gasteiger partial charge in [-0.15, -0.1) is 0 Å². The highest BCUT2D eigenvalue weighted by Gasteiger charge is 2.23. The minimum absolute atomic E-state index is 0.0632. The molecule has 0 atom stereocenters. The van der Waals surface area contributed by atoms with Crippen molar-refractivity contribution in [1.29, 1.82) is 0 Å². The van der Waals surface area contributed by atoms with Crippen molar-refractivity contribution in [3.63, 3.8) is 0 Å². The molecule has 2 aromatic carbocycles. The molecule has 114 valence electrons. The van der Waals surface area contributed by atoms with Crippen LogP contribution in [-0.2, 0) is 6.54 Å². The van der Waals surface area contributed by atoms with Crippen LogP contribution in [0.1, 0.15) is 15.9 Å². The maximum Gasteiger partial charge on any atom is 0.255 e. The highest BCUT2D eigenvalue weighted by Crippen LogP contribution is 2.27. The van der Waals surface area contributed by atoms with E-state index in [-0.39, 0.29) is 5.91 Å². The van der Waals surface area contributed by atoms with Crippen LogP contribution >= 0.6 is 23.2 Å². The summed E-state index contributed by atoms with van der Waals surface area (Å²) in [5, 5.41) is 0.922. The Labute approximate surface area is 140 Å². The molecule has 0 aliphatic carbocycles. The summed E-state index contributed by atoms with van der Waals surface area (Å²) in [6, 6.07) is 13.1. The zero-order valence-electron chi connectivity index (χ0n) is 12.2. The van der Waals surface area contributed by atoms with Crippen LogP contribution in [0, 0.1) is 0 Å². The number of fused-ring (bicyclic) bond motifs is 1. The SMILES string of the molecule is CN1CCN(C(=O)c2ccc(Cl)cc2Cl)Cc2ccccc21. The number of hydrogen-bond donors (Lipinski definition) is 0. The monoisotopic (exact) mass is 334 g/mol. The lowest BCUT2D eigenvalue weighted by atomic mass is 10.1. The maximum atomic E-state index is 12.8. The predicted octanol–water partition coefficient (Wildman–Crippen LogP) is 4.09. The van der Waals surface area contributed by atoms with E-state index in [1.807, 2.05) is 24.1 Å². The summed E-state index contributed by atoms with van der Waals surface area (Å²) in [6.07, 6.45) is 0. The van der Waals surface area contributed by atoms with E-state index in [1.165, 1.54) is 5.69 Å². The van der Waals surface area contributed by atoms with Gasteiger partial charge in [-0.25, -0.2) is 0 Å². The van der Waals surface area contributed by atoms with Gasteiger partial charge in [0.15, 0.2) is 0 Å². The first-order valence-electron chi connectivity index (χ1n) is 7.09. The molecule has 3 rings (SSSR count). The third-order valence-electron chi connectivity index (χ3n) is 3.92. The van der Waals surface area contributed by atoms with Crippen LogP contribution in [0.4, 0.5) is 5.69 Å². The summed E-state index contributed by atoms with van der Waals surface area (Å²) in [6.45, 7) is 2.02. The molecular weight excluding hydrogens is 319 g/mol. The van der Waals surface area contributed by atoms with Crippen LogP contribution in [0.5, 0.6) is 0 Å². The fraction of sp³-hybridized carbons (Fsp3) is 0.235. The van der Waals surface area contributed by atoms with Gasteiger partial charge in [0.1, 0.15) is 0 Å². The van der Waals surface area contributed by atoms with E-state index < -0.39 is 0 Å². The molecule has 3 nitrogen and oxygen atoms in total. The van der Waals surface area contributed by atoms with E-state index in [1.54, 1.807) is 18.2 Å². The summed E-state index contributed by atoms with van der Waals surface area (Å²) in [5.41, 5.74) is 2.80. The highest BCUT2D eigenvalue weighted by atomic mass is 35.5. The van der Waals surface area contributed by atoms with Crippen LogP contribution in [0.15, 0.2) is 42.5 Å². The number of carbonyl (C=O) groups excluding carboxylic acids is 1. The highest BCUT2D eigenvalue weighted by molar-refractivity contribution is 6.36. The van der Waals surface area contributed by atoms with E-state index in [9.17, 15) is 4.79 Å². The van der Waals surface area contributed by atoms with Gasteiger partial charge in [0.25, 0.3) is 5.91 Å². The number of carbonyl (C=O) groups is 1. The fourth-order valence-electron chi connectivity index (χ4n) is 2.70. The zero-order valence-corrected chi connectivity index (χ0v) is 13.7. The molecule has 0 fully saturated rings. The molecule has 0 saturated carbocycles. The molecule has 0 radical (unpaired) electrons. The van der Waals surface area contributed by atoms with Gasteiger partial charge in [-0.3, -0.25) is 4.79 Å². The first-order valence-corrected chi connectivity index (χ1v) is 7.85. The minimum atomic E-state index is -0.0632. The fourth-order valence-corrected chi connectivity index (χ4v) is 3.19. The molecule has 1 amide bonds. The quantitative estimate of drug-likeness (QED) is 0.784. The third-order valence-corrected chi connectivity index (χ3v) is 4.47. The van der Waals surface area contributed by atoms with Crippen molar-refractivity contribution in [3.05, 3.63) is 63.6 Å². The molecule has 0 unspecified atom stereocenters. The van der Waals surface area contributed by atoms with Gasteiger partial charge in [-0.2, -0.15) is 0 Å². The second-order valence-electron chi connectivity index (χ2n) is 5.40. The van der Waals surface area contributed by atoms with Crippen molar-refractivity contribution < 1.29 is 4.79 Å². The Bertz CT molecular complexity index is 718. The van der Waals surface area contributed by atoms with Crippen molar-refractivity contribution >= 4 is 34.8 Å². The molecule has 2 aromatic rings. The Morgan fingerprint density at radius 3 is 2.64 bits per heavy atom. The minimum Gasteiger partial charge on any atom is -0.373 e. The summed E-state index contributed by atoms with van der Waals surface area (Å²) < 4.78 is 0. The van der Waals surface area contributed by atoms with Gasteiger partial charge < -0.3 is 9.80 Å². The summed E-state index contributed by atoms with van der Waals surface area (Å²) in [5.74, 6) is -0.0632. The van der Waals surface area contributed by atoms with Crippen molar-refractivity contribution in [1.82, 2.24) is 4.90 Å². The summed E-state index contributed by atoms with van der Waals surface area (Å²) in [7, 11) is 2.04. The van der Waals surface area contributed by atoms with E-state index in [4.69, 9.17) is 23.2 Å². The largest absolute Gasteiger partial charge is 0.373 e. The number of halogens is 2. The number of nitrogens with zero attached hydrogens (tertiary/aromatic N) is 2. The average molecular weight is 335 g/mol. The van der Waals surface area contributed by atoms with Crippen LogP contribution in [0.2, 0.25) is 10.0 Å². The number of amides is 1. The van der Waals surface area contributed by atoms with Crippen LogP contribution in [0.25, 0.3) is 0 Å². The lowest BCUT2D eigenvalue weighted by Gasteiger charge is -2.21. The van der Waals surface area contributed by atoms with Crippen LogP contribution < -0.4 is 4.90 Å². The average Bonchev–Trinajstić information content (AvgIpc) is 2.67. The van der Waals surface area contributed by atoms with Gasteiger partial charge in [0, 0.05) is 37.4 Å². The van der Waals surface area contributed by atoms with Gasteiger partial charge in [0.2, 0.25) is 0 Å². The molecule has 1 heterocycles. The maximum absolute atomic E-state index is 12.8. The lowest BCUT2D eigenvalue weighted by molar-refractivity contribution is 0.0752. The van der Waals surface area contributed by atoms with E-state index in [0.717, 1.165) is 12.1 Å². The van der Waals surface area contributed by atoms with Gasteiger partial charge in [0.05, 0.1) is 10.6 Å². The second-order valence-corrected chi connectivity index (χ2v) is 6.24. The van der Waals surface area contributed by atoms with Gasteiger partial charge in [-0.05, 0) is 29.8 Å². The van der Waals surface area contributed by atoms with Crippen LogP contribution in [-0.4, -0.2) is 30.9 Å². The number of anilines is 1. The Hall–Kier alpha value is -1.71. The Morgan fingerprint density at radius 2 is 1.86 bits per heavy atom. The van der Waals surface area contributed by atoms with Crippen molar-refractivity contribution in [2.45, 2.75) is 6.54 Å². The molecular formula is C17H16Cl2N2O. The second kappa shape index (κ2) is 6.19. The molecule has 0 N–H and O–H groups in total. The van der Waals surface area contributed by atoms with Gasteiger partial charge >= 0.3 is 0 Å². The van der Waals surface area contributed by atoms with E-state index in [0.29, 0.717) is 28.7 Å². The summed E-state index contributed by atoms with van der Waals surface area (Å²) in [4.78, 5) is 16.8. The Balaban J connectivity index is 1.91. The van der Waals surface area contributed by atoms with Crippen LogP contribution in [0.3, 0.4) is 0 Å². The standard InChI is InChI=1S/C17H16Cl2N2O/c1-20-8-9-21(11-12-4-2-3-5-16(12)20)17(22)14-7-6-13(18)10-15(14)19/h2-7,10H,8-9,11H2,1H3. The number of hydrogen-bond acceptors (Lipinski definition) is 2. The predicted molar refractivity (Wildman–Crippen MR) is 90.9 cm³/mol. The lowest BCUT2D eigenvalue weighted by Crippen LogP contribution is -2.34. The molecule has 0 aromatic heterocycles. The van der Waals surface area contributed by atoms with E-state index >= 15 is 0 Å². The molecule has 0 spiro atoms. The molecule has 1 aliphatic rings. The van der Waals surface area contributed by atoms with Crippen molar-refractivity contribution in [3.8, 4) is 0 Å². The molecule has 0 saturated heterocycles. The Morgan fingerprint density at radius 1 is 1.09 bits per heavy atom. The van der Waals surface area contributed by atoms with E-state index in [2.05, 4.69) is 17.0 Å². The molecule has 22 heavy (non-hydrogen) atoms. The zero-order chi connectivity index (χ0) is 15.7. The summed E-state index contributed by atoms with van der Waals surface area (Å²) >= 11 is 12.1.